The standard InChI is InChI=1S/C26H50/c1-3-5-7-9-11-13-15-17-19-21-23-25-26-24-22-20-18-16-14-12-10-8-6-4-2/h13,15H,1-12,14,16-26H2. The van der Waals surface area contributed by atoms with Gasteiger partial charge in [0.25, 0.3) is 0 Å². The highest BCUT2D eigenvalue weighted by Crippen LogP contribution is 2.14. The quantitative estimate of drug-likeness (QED) is 0.133. The van der Waals surface area contributed by atoms with E-state index >= 15 is 0 Å². The maximum atomic E-state index is 3.91. The molecule has 154 valence electrons. The van der Waals surface area contributed by atoms with E-state index in [0.29, 0.717) is 0 Å². The summed E-state index contributed by atoms with van der Waals surface area (Å²) < 4.78 is 0. The first-order valence-electron chi connectivity index (χ1n) is 12.1. The third-order valence-electron chi connectivity index (χ3n) is 5.41. The Hall–Kier alpha value is -0.260. The highest BCUT2D eigenvalue weighted by atomic mass is 14.0. The van der Waals surface area contributed by atoms with Crippen LogP contribution in [-0.4, -0.2) is 0 Å². The second kappa shape index (κ2) is 24.7. The number of allylic oxidation sites excluding steroid dienone is 2. The van der Waals surface area contributed by atoms with Crippen LogP contribution in [0.4, 0.5) is 0 Å². The van der Waals surface area contributed by atoms with Gasteiger partial charge in [0.2, 0.25) is 0 Å². The Morgan fingerprint density at radius 2 is 0.538 bits per heavy atom. The lowest BCUT2D eigenvalue weighted by atomic mass is 10.0. The van der Waals surface area contributed by atoms with Gasteiger partial charge in [-0.2, -0.15) is 0 Å². The highest BCUT2D eigenvalue weighted by molar-refractivity contribution is 4.81. The van der Waals surface area contributed by atoms with Gasteiger partial charge in [0.05, 0.1) is 0 Å². The van der Waals surface area contributed by atoms with E-state index in [-0.39, 0.29) is 0 Å². The molecule has 0 aromatic carbocycles. The summed E-state index contributed by atoms with van der Waals surface area (Å²) >= 11 is 0. The van der Waals surface area contributed by atoms with Gasteiger partial charge in [0, 0.05) is 0 Å². The zero-order valence-electron chi connectivity index (χ0n) is 18.1. The Morgan fingerprint density at radius 1 is 0.308 bits per heavy atom. The molecule has 0 saturated carbocycles. The molecule has 0 fully saturated rings. The Labute approximate surface area is 167 Å². The summed E-state index contributed by atoms with van der Waals surface area (Å²) in [7, 11) is 0. The molecule has 0 unspecified atom stereocenters. The van der Waals surface area contributed by atoms with Gasteiger partial charge < -0.3 is 0 Å². The lowest BCUT2D eigenvalue weighted by molar-refractivity contribution is 0.531. The summed E-state index contributed by atoms with van der Waals surface area (Å²) in [4.78, 5) is 0. The molecule has 0 aromatic rings. The monoisotopic (exact) mass is 362 g/mol. The minimum absolute atomic E-state index is 1.10. The molecule has 0 N–H and O–H groups in total. The molecule has 0 spiro atoms. The molecule has 0 heteroatoms. The Bertz CT molecular complexity index is 253. The van der Waals surface area contributed by atoms with Crippen molar-refractivity contribution in [3.63, 3.8) is 0 Å². The van der Waals surface area contributed by atoms with Gasteiger partial charge in [-0.25, -0.2) is 0 Å². The molecular weight excluding hydrogens is 312 g/mol. The van der Waals surface area contributed by atoms with Crippen LogP contribution in [0.3, 0.4) is 0 Å². The molecule has 0 aromatic heterocycles. The third kappa shape index (κ3) is 23.7. The summed E-state index contributed by atoms with van der Waals surface area (Å²) in [6, 6.07) is 0. The summed E-state index contributed by atoms with van der Waals surface area (Å²) in [6.45, 7) is 7.80. The van der Waals surface area contributed by atoms with Gasteiger partial charge in [-0.1, -0.05) is 142 Å². The van der Waals surface area contributed by atoms with Crippen LogP contribution in [0.15, 0.2) is 12.2 Å². The maximum absolute atomic E-state index is 3.91. The van der Waals surface area contributed by atoms with Crippen molar-refractivity contribution < 1.29 is 0 Å². The molecule has 0 nitrogen and oxygen atoms in total. The molecule has 26 heavy (non-hydrogen) atoms. The van der Waals surface area contributed by atoms with Crippen molar-refractivity contribution >= 4 is 0 Å². The second-order valence-electron chi connectivity index (χ2n) is 8.12. The van der Waals surface area contributed by atoms with E-state index in [0.717, 1.165) is 12.8 Å². The van der Waals surface area contributed by atoms with Crippen LogP contribution in [0.1, 0.15) is 141 Å². The normalized spacial score (nSPS) is 11.6. The average Bonchev–Trinajstić information content (AvgIpc) is 2.66. The highest BCUT2D eigenvalue weighted by Gasteiger charge is 1.94. The van der Waals surface area contributed by atoms with Crippen LogP contribution in [0.25, 0.3) is 0 Å². The van der Waals surface area contributed by atoms with Gasteiger partial charge in [-0.3, -0.25) is 0 Å². The van der Waals surface area contributed by atoms with E-state index in [2.05, 4.69) is 26.0 Å². The van der Waals surface area contributed by atoms with Crippen LogP contribution in [0, 0.1) is 13.8 Å². The Balaban J connectivity index is 3.01. The SMILES string of the molecule is [CH2]CCCCCC=CCCCCCCCCCCCCCCCCC[CH2]. The van der Waals surface area contributed by atoms with Gasteiger partial charge in [-0.15, -0.1) is 0 Å². The van der Waals surface area contributed by atoms with Gasteiger partial charge in [0.1, 0.15) is 0 Å². The summed E-state index contributed by atoms with van der Waals surface area (Å²) in [6.07, 6.45) is 35.2. The van der Waals surface area contributed by atoms with Crippen molar-refractivity contribution in [1.82, 2.24) is 0 Å². The molecule has 0 bridgehead atoms. The first-order valence-corrected chi connectivity index (χ1v) is 12.1. The van der Waals surface area contributed by atoms with E-state index < -0.39 is 0 Å². The number of hydrogen-bond acceptors (Lipinski definition) is 0. The van der Waals surface area contributed by atoms with Gasteiger partial charge in [0.15, 0.2) is 0 Å². The van der Waals surface area contributed by atoms with E-state index in [1.54, 1.807) is 0 Å². The van der Waals surface area contributed by atoms with Crippen LogP contribution >= 0.6 is 0 Å². The van der Waals surface area contributed by atoms with Crippen LogP contribution in [0.5, 0.6) is 0 Å². The molecule has 0 atom stereocenters. The Kier molecular flexibility index (Phi) is 24.5. The van der Waals surface area contributed by atoms with Crippen molar-refractivity contribution in [2.75, 3.05) is 0 Å². The first kappa shape index (κ1) is 25.7. The first-order chi connectivity index (χ1) is 12.9. The fourth-order valence-corrected chi connectivity index (χ4v) is 3.59. The zero-order valence-corrected chi connectivity index (χ0v) is 18.1. The van der Waals surface area contributed by atoms with E-state index in [9.17, 15) is 0 Å². The lowest BCUT2D eigenvalue weighted by Gasteiger charge is -2.03. The van der Waals surface area contributed by atoms with Crippen molar-refractivity contribution in [1.29, 1.82) is 0 Å². The number of hydrogen-bond donors (Lipinski definition) is 0. The van der Waals surface area contributed by atoms with E-state index in [1.165, 1.54) is 128 Å². The molecule has 0 heterocycles. The molecule has 0 aliphatic carbocycles. The fourth-order valence-electron chi connectivity index (χ4n) is 3.59. The van der Waals surface area contributed by atoms with Gasteiger partial charge >= 0.3 is 0 Å². The van der Waals surface area contributed by atoms with Crippen molar-refractivity contribution in [3.8, 4) is 0 Å². The molecule has 2 radical (unpaired) electrons. The molecule has 0 saturated heterocycles. The molecule has 0 rings (SSSR count). The summed E-state index contributed by atoms with van der Waals surface area (Å²) in [5, 5.41) is 0. The lowest BCUT2D eigenvalue weighted by Crippen LogP contribution is -1.83. The fraction of sp³-hybridized carbons (Fsp3) is 0.846. The van der Waals surface area contributed by atoms with Crippen molar-refractivity contribution in [2.45, 2.75) is 141 Å². The summed E-state index contributed by atoms with van der Waals surface area (Å²) in [5.74, 6) is 0. The van der Waals surface area contributed by atoms with Gasteiger partial charge in [-0.05, 0) is 25.7 Å². The predicted molar refractivity (Wildman–Crippen MR) is 121 cm³/mol. The zero-order chi connectivity index (χ0) is 19.0. The smallest absolute Gasteiger partial charge is 0.0351 e. The average molecular weight is 363 g/mol. The predicted octanol–water partition coefficient (Wildman–Crippen LogP) is 9.79. The van der Waals surface area contributed by atoms with E-state index in [4.69, 9.17) is 0 Å². The van der Waals surface area contributed by atoms with Crippen LogP contribution in [-0.2, 0) is 0 Å². The molecule has 0 aliphatic heterocycles. The van der Waals surface area contributed by atoms with Crippen LogP contribution < -0.4 is 0 Å². The topological polar surface area (TPSA) is 0 Å². The Morgan fingerprint density at radius 3 is 0.846 bits per heavy atom. The second-order valence-corrected chi connectivity index (χ2v) is 8.12. The summed E-state index contributed by atoms with van der Waals surface area (Å²) in [5.41, 5.74) is 0. The maximum Gasteiger partial charge on any atom is -0.0351 e. The van der Waals surface area contributed by atoms with Crippen molar-refractivity contribution in [3.05, 3.63) is 26.0 Å². The largest absolute Gasteiger partial charge is 0.0885 e. The minimum Gasteiger partial charge on any atom is -0.0885 e. The van der Waals surface area contributed by atoms with E-state index in [1.807, 2.05) is 0 Å². The number of unbranched alkanes of at least 4 members (excludes halogenated alkanes) is 20. The number of rotatable bonds is 22. The molecule has 0 aliphatic rings. The molecule has 0 amide bonds. The minimum atomic E-state index is 1.10. The van der Waals surface area contributed by atoms with Crippen LogP contribution in [0.2, 0.25) is 0 Å². The third-order valence-corrected chi connectivity index (χ3v) is 5.41. The molecular formula is C26H50. The van der Waals surface area contributed by atoms with Crippen molar-refractivity contribution in [2.24, 2.45) is 0 Å².